The molecule has 32 heavy (non-hydrogen) atoms. The Morgan fingerprint density at radius 1 is 1.22 bits per heavy atom. The maximum atomic E-state index is 13.2. The number of pyridine rings is 1. The standard InChI is InChI=1S/C23H29ClN4O3S/c1-15(2)32(30,31)27-9-5-6-17(14-27)26-18-11-19(13-25-12-18)28-22(29)20-8-7-16(24)10-21(20)23(28,3)4/h7-8,10-13,15,17,26H,5-6,9,14H2,1-4H3/t17-/m1/s1. The predicted molar refractivity (Wildman–Crippen MR) is 128 cm³/mol. The Hall–Kier alpha value is -2.16. The monoisotopic (exact) mass is 476 g/mol. The molecule has 0 aliphatic carbocycles. The van der Waals surface area contributed by atoms with Crippen molar-refractivity contribution in [1.29, 1.82) is 0 Å². The smallest absolute Gasteiger partial charge is 0.259 e. The number of carbonyl (C=O) groups excluding carboxylic acids is 1. The highest BCUT2D eigenvalue weighted by atomic mass is 35.5. The first-order valence-corrected chi connectivity index (χ1v) is 12.7. The number of nitrogens with zero attached hydrogens (tertiary/aromatic N) is 3. The number of piperidine rings is 1. The van der Waals surface area contributed by atoms with E-state index < -0.39 is 20.8 Å². The Morgan fingerprint density at radius 3 is 2.69 bits per heavy atom. The molecule has 9 heteroatoms. The first-order chi connectivity index (χ1) is 15.0. The van der Waals surface area contributed by atoms with E-state index in [1.165, 1.54) is 0 Å². The number of sulfonamides is 1. The SMILES string of the molecule is CC(C)S(=O)(=O)N1CCC[C@@H](Nc2cncc(N3C(=O)c4ccc(Cl)cc4C3(C)C)c2)C1. The highest BCUT2D eigenvalue weighted by Crippen LogP contribution is 2.43. The van der Waals surface area contributed by atoms with Gasteiger partial charge in [0.25, 0.3) is 5.91 Å². The number of rotatable bonds is 5. The average molecular weight is 477 g/mol. The van der Waals surface area contributed by atoms with Crippen LogP contribution in [0.1, 0.15) is 56.5 Å². The van der Waals surface area contributed by atoms with E-state index in [4.69, 9.17) is 11.6 Å². The third-order valence-corrected chi connectivity index (χ3v) is 8.80. The molecular weight excluding hydrogens is 448 g/mol. The molecule has 0 bridgehead atoms. The van der Waals surface area contributed by atoms with E-state index in [1.807, 2.05) is 26.0 Å². The molecule has 1 atom stereocenters. The quantitative estimate of drug-likeness (QED) is 0.697. The lowest BCUT2D eigenvalue weighted by atomic mass is 9.93. The van der Waals surface area contributed by atoms with Crippen LogP contribution in [0.15, 0.2) is 36.7 Å². The molecule has 2 aliphatic heterocycles. The van der Waals surface area contributed by atoms with Gasteiger partial charge in [0.05, 0.1) is 34.6 Å². The number of hydrogen-bond acceptors (Lipinski definition) is 5. The molecule has 7 nitrogen and oxygen atoms in total. The zero-order valence-electron chi connectivity index (χ0n) is 18.8. The fourth-order valence-electron chi connectivity index (χ4n) is 4.60. The summed E-state index contributed by atoms with van der Waals surface area (Å²) in [6, 6.07) is 7.22. The Balaban J connectivity index is 1.57. The van der Waals surface area contributed by atoms with Crippen LogP contribution in [0.25, 0.3) is 0 Å². The van der Waals surface area contributed by atoms with E-state index in [9.17, 15) is 13.2 Å². The van der Waals surface area contributed by atoms with Crippen LogP contribution >= 0.6 is 11.6 Å². The minimum atomic E-state index is -3.29. The van der Waals surface area contributed by atoms with Crippen LogP contribution in [-0.4, -0.2) is 48.0 Å². The second kappa shape index (κ2) is 8.32. The molecule has 172 valence electrons. The van der Waals surface area contributed by atoms with Crippen molar-refractivity contribution in [1.82, 2.24) is 9.29 Å². The zero-order chi connectivity index (χ0) is 23.3. The Kier molecular flexibility index (Phi) is 5.98. The third-order valence-electron chi connectivity index (χ3n) is 6.33. The predicted octanol–water partition coefficient (Wildman–Crippen LogP) is 4.25. The minimum absolute atomic E-state index is 0.0207. The summed E-state index contributed by atoms with van der Waals surface area (Å²) in [6.45, 7) is 8.36. The number of anilines is 2. The summed E-state index contributed by atoms with van der Waals surface area (Å²) in [6.07, 6.45) is 5.04. The molecule has 1 fully saturated rings. The summed E-state index contributed by atoms with van der Waals surface area (Å²) in [5, 5.41) is 3.59. The van der Waals surface area contributed by atoms with Gasteiger partial charge in [0, 0.05) is 29.7 Å². The third kappa shape index (κ3) is 4.00. The van der Waals surface area contributed by atoms with E-state index in [1.54, 1.807) is 47.6 Å². The van der Waals surface area contributed by atoms with Crippen molar-refractivity contribution in [2.75, 3.05) is 23.3 Å². The molecule has 3 heterocycles. The van der Waals surface area contributed by atoms with Crippen LogP contribution in [0.4, 0.5) is 11.4 Å². The topological polar surface area (TPSA) is 82.6 Å². The molecule has 0 unspecified atom stereocenters. The summed E-state index contributed by atoms with van der Waals surface area (Å²) in [7, 11) is -3.29. The number of hydrogen-bond donors (Lipinski definition) is 1. The largest absolute Gasteiger partial charge is 0.380 e. The lowest BCUT2D eigenvalue weighted by Crippen LogP contribution is -2.47. The first kappa shape index (κ1) is 23.0. The second-order valence-corrected chi connectivity index (χ2v) is 12.2. The Bertz CT molecular complexity index is 1150. The van der Waals surface area contributed by atoms with E-state index in [0.29, 0.717) is 29.4 Å². The molecule has 1 saturated heterocycles. The molecular formula is C23H29ClN4O3S. The molecule has 0 spiro atoms. The molecule has 2 aliphatic rings. The summed E-state index contributed by atoms with van der Waals surface area (Å²) < 4.78 is 26.7. The van der Waals surface area contributed by atoms with E-state index in [0.717, 1.165) is 24.1 Å². The van der Waals surface area contributed by atoms with Crippen molar-refractivity contribution in [3.8, 4) is 0 Å². The van der Waals surface area contributed by atoms with Crippen molar-refractivity contribution < 1.29 is 13.2 Å². The molecule has 1 aromatic carbocycles. The number of fused-ring (bicyclic) bond motifs is 1. The van der Waals surface area contributed by atoms with Gasteiger partial charge in [-0.3, -0.25) is 14.7 Å². The minimum Gasteiger partial charge on any atom is -0.380 e. The molecule has 2 aromatic rings. The molecule has 4 rings (SSSR count). The number of halogens is 1. The molecule has 1 aromatic heterocycles. The summed E-state index contributed by atoms with van der Waals surface area (Å²) in [5.41, 5.74) is 2.38. The number of nitrogens with one attached hydrogen (secondary N) is 1. The number of amides is 1. The average Bonchev–Trinajstić information content (AvgIpc) is 2.93. The van der Waals surface area contributed by atoms with Crippen molar-refractivity contribution in [3.05, 3.63) is 52.8 Å². The number of benzene rings is 1. The first-order valence-electron chi connectivity index (χ1n) is 10.9. The van der Waals surface area contributed by atoms with Gasteiger partial charge in [-0.15, -0.1) is 0 Å². The summed E-state index contributed by atoms with van der Waals surface area (Å²) >= 11 is 6.19. The molecule has 0 radical (unpaired) electrons. The normalized spacial score (nSPS) is 21.1. The van der Waals surface area contributed by atoms with Crippen LogP contribution < -0.4 is 10.2 Å². The van der Waals surface area contributed by atoms with Gasteiger partial charge < -0.3 is 5.32 Å². The zero-order valence-corrected chi connectivity index (χ0v) is 20.4. The van der Waals surface area contributed by atoms with Gasteiger partial charge in [0.15, 0.2) is 0 Å². The van der Waals surface area contributed by atoms with Gasteiger partial charge in [0.1, 0.15) is 0 Å². The van der Waals surface area contributed by atoms with Crippen LogP contribution in [0.2, 0.25) is 5.02 Å². The Labute approximate surface area is 194 Å². The van der Waals surface area contributed by atoms with Crippen molar-refractivity contribution >= 4 is 38.9 Å². The van der Waals surface area contributed by atoms with Gasteiger partial charge in [-0.25, -0.2) is 8.42 Å². The van der Waals surface area contributed by atoms with Gasteiger partial charge >= 0.3 is 0 Å². The van der Waals surface area contributed by atoms with Gasteiger partial charge in [-0.05, 0) is 70.4 Å². The van der Waals surface area contributed by atoms with E-state index in [-0.39, 0.29) is 11.9 Å². The van der Waals surface area contributed by atoms with Gasteiger partial charge in [-0.2, -0.15) is 4.31 Å². The summed E-state index contributed by atoms with van der Waals surface area (Å²) in [4.78, 5) is 19.3. The maximum absolute atomic E-state index is 13.2. The summed E-state index contributed by atoms with van der Waals surface area (Å²) in [5.74, 6) is -0.0903. The Morgan fingerprint density at radius 2 is 1.97 bits per heavy atom. The fraction of sp³-hybridized carbons (Fsp3) is 0.478. The van der Waals surface area contributed by atoms with E-state index in [2.05, 4.69) is 10.3 Å². The lowest BCUT2D eigenvalue weighted by Gasteiger charge is -2.34. The van der Waals surface area contributed by atoms with Crippen LogP contribution in [0.3, 0.4) is 0 Å². The highest BCUT2D eigenvalue weighted by Gasteiger charge is 2.44. The van der Waals surface area contributed by atoms with E-state index >= 15 is 0 Å². The van der Waals surface area contributed by atoms with Crippen molar-refractivity contribution in [2.45, 2.75) is 57.4 Å². The fourth-order valence-corrected chi connectivity index (χ4v) is 6.14. The number of carbonyl (C=O) groups is 1. The van der Waals surface area contributed by atoms with Gasteiger partial charge in [0.2, 0.25) is 10.0 Å². The molecule has 0 saturated carbocycles. The van der Waals surface area contributed by atoms with Gasteiger partial charge in [-0.1, -0.05) is 11.6 Å². The van der Waals surface area contributed by atoms with Crippen LogP contribution in [0.5, 0.6) is 0 Å². The van der Waals surface area contributed by atoms with Crippen molar-refractivity contribution in [3.63, 3.8) is 0 Å². The lowest BCUT2D eigenvalue weighted by molar-refractivity contribution is 0.0982. The molecule has 1 amide bonds. The van der Waals surface area contributed by atoms with Crippen LogP contribution in [0, 0.1) is 0 Å². The van der Waals surface area contributed by atoms with Crippen molar-refractivity contribution in [2.24, 2.45) is 0 Å². The maximum Gasteiger partial charge on any atom is 0.259 e. The highest BCUT2D eigenvalue weighted by molar-refractivity contribution is 7.89. The second-order valence-electron chi connectivity index (χ2n) is 9.26. The molecule has 1 N–H and O–H groups in total. The van der Waals surface area contributed by atoms with Crippen LogP contribution in [-0.2, 0) is 15.6 Å². The number of aromatic nitrogens is 1.